The Morgan fingerprint density at radius 3 is 2.33 bits per heavy atom. The summed E-state index contributed by atoms with van der Waals surface area (Å²) in [7, 11) is 2.59. The monoisotopic (exact) mass is 406 g/mol. The van der Waals surface area contributed by atoms with Gasteiger partial charge in [-0.15, -0.1) is 11.3 Å². The van der Waals surface area contributed by atoms with Crippen LogP contribution >= 0.6 is 23.6 Å². The van der Waals surface area contributed by atoms with Gasteiger partial charge in [0.15, 0.2) is 5.11 Å². The van der Waals surface area contributed by atoms with Gasteiger partial charge in [-0.3, -0.25) is 0 Å². The van der Waals surface area contributed by atoms with Crippen LogP contribution in [0, 0.1) is 6.92 Å². The third-order valence-corrected chi connectivity index (χ3v) is 5.46. The highest BCUT2D eigenvalue weighted by molar-refractivity contribution is 7.80. The third-order valence-electron chi connectivity index (χ3n) is 4.05. The van der Waals surface area contributed by atoms with E-state index in [9.17, 15) is 9.59 Å². The first kappa shape index (κ1) is 20.9. The minimum absolute atomic E-state index is 0.0221. The van der Waals surface area contributed by atoms with Gasteiger partial charge in [0.1, 0.15) is 9.88 Å². The second-order valence-electron chi connectivity index (χ2n) is 5.71. The summed E-state index contributed by atoms with van der Waals surface area (Å²) in [4.78, 5) is 24.5. The maximum Gasteiger partial charge on any atom is 0.348 e. The van der Waals surface area contributed by atoms with Crippen LogP contribution < -0.4 is 10.6 Å². The maximum atomic E-state index is 12.2. The number of thiophene rings is 1. The van der Waals surface area contributed by atoms with E-state index >= 15 is 0 Å². The fourth-order valence-electron chi connectivity index (χ4n) is 2.64. The number of methoxy groups -OCH3 is 2. The van der Waals surface area contributed by atoms with E-state index < -0.39 is 11.9 Å². The van der Waals surface area contributed by atoms with Crippen LogP contribution in [-0.4, -0.2) is 31.3 Å². The smallest absolute Gasteiger partial charge is 0.348 e. The van der Waals surface area contributed by atoms with E-state index in [4.69, 9.17) is 21.7 Å². The molecule has 0 fully saturated rings. The van der Waals surface area contributed by atoms with Crippen molar-refractivity contribution >= 4 is 45.6 Å². The number of esters is 2. The quantitative estimate of drug-likeness (QED) is 0.553. The van der Waals surface area contributed by atoms with Crippen molar-refractivity contribution in [3.63, 3.8) is 0 Å². The van der Waals surface area contributed by atoms with Gasteiger partial charge in [-0.1, -0.05) is 37.3 Å². The van der Waals surface area contributed by atoms with Gasteiger partial charge in [0.2, 0.25) is 0 Å². The van der Waals surface area contributed by atoms with E-state index in [-0.39, 0.29) is 11.6 Å². The highest BCUT2D eigenvalue weighted by atomic mass is 32.1. The topological polar surface area (TPSA) is 76.7 Å². The Morgan fingerprint density at radius 2 is 1.78 bits per heavy atom. The van der Waals surface area contributed by atoms with E-state index in [0.717, 1.165) is 23.3 Å². The Morgan fingerprint density at radius 1 is 1.15 bits per heavy atom. The lowest BCUT2D eigenvalue weighted by Crippen LogP contribution is -2.32. The van der Waals surface area contributed by atoms with Crippen LogP contribution in [0.5, 0.6) is 0 Å². The number of nitrogens with one attached hydrogen (secondary N) is 2. The summed E-state index contributed by atoms with van der Waals surface area (Å²) < 4.78 is 9.64. The van der Waals surface area contributed by atoms with Crippen LogP contribution in [0.2, 0.25) is 0 Å². The van der Waals surface area contributed by atoms with Crippen LogP contribution in [0.3, 0.4) is 0 Å². The molecule has 144 valence electrons. The summed E-state index contributed by atoms with van der Waals surface area (Å²) >= 11 is 6.53. The predicted octanol–water partition coefficient (Wildman–Crippen LogP) is 4.07. The first-order chi connectivity index (χ1) is 12.9. The van der Waals surface area contributed by atoms with Gasteiger partial charge in [0, 0.05) is 0 Å². The van der Waals surface area contributed by atoms with Gasteiger partial charge < -0.3 is 20.1 Å². The van der Waals surface area contributed by atoms with E-state index in [1.807, 2.05) is 30.3 Å². The number of benzene rings is 1. The van der Waals surface area contributed by atoms with Crippen molar-refractivity contribution in [2.75, 3.05) is 19.5 Å². The molecule has 2 aromatic rings. The van der Waals surface area contributed by atoms with Crippen LogP contribution in [0.15, 0.2) is 30.3 Å². The minimum atomic E-state index is -0.542. The second kappa shape index (κ2) is 9.48. The molecule has 0 bridgehead atoms. The van der Waals surface area contributed by atoms with Gasteiger partial charge in [-0.25, -0.2) is 9.59 Å². The average Bonchev–Trinajstić information content (AvgIpc) is 3.01. The fourth-order valence-corrected chi connectivity index (χ4v) is 4.07. The first-order valence-corrected chi connectivity index (χ1v) is 9.57. The molecule has 1 aromatic heterocycles. The largest absolute Gasteiger partial charge is 0.465 e. The summed E-state index contributed by atoms with van der Waals surface area (Å²) in [5.74, 6) is -1.05. The molecule has 0 aliphatic carbocycles. The van der Waals surface area contributed by atoms with Gasteiger partial charge >= 0.3 is 11.9 Å². The summed E-state index contributed by atoms with van der Waals surface area (Å²) in [5, 5.41) is 7.08. The molecule has 1 unspecified atom stereocenters. The van der Waals surface area contributed by atoms with Gasteiger partial charge in [-0.2, -0.15) is 0 Å². The van der Waals surface area contributed by atoms with Crippen LogP contribution in [0.1, 0.15) is 50.5 Å². The van der Waals surface area contributed by atoms with Gasteiger partial charge in [-0.05, 0) is 36.7 Å². The third kappa shape index (κ3) is 4.84. The van der Waals surface area contributed by atoms with Crippen molar-refractivity contribution in [1.82, 2.24) is 5.32 Å². The van der Waals surface area contributed by atoms with Crippen molar-refractivity contribution in [3.05, 3.63) is 51.9 Å². The van der Waals surface area contributed by atoms with Crippen molar-refractivity contribution in [1.29, 1.82) is 0 Å². The molecule has 1 heterocycles. The molecule has 0 amide bonds. The molecule has 1 atom stereocenters. The number of ether oxygens (including phenoxy) is 2. The Hall–Kier alpha value is -2.45. The van der Waals surface area contributed by atoms with Crippen molar-refractivity contribution in [3.8, 4) is 0 Å². The zero-order chi connectivity index (χ0) is 20.0. The molecular weight excluding hydrogens is 384 g/mol. The molecule has 27 heavy (non-hydrogen) atoms. The Balaban J connectivity index is 2.26. The number of thiocarbonyl (C=S) groups is 1. The summed E-state index contributed by atoms with van der Waals surface area (Å²) in [6.45, 7) is 3.73. The second-order valence-corrected chi connectivity index (χ2v) is 7.14. The first-order valence-electron chi connectivity index (χ1n) is 8.35. The van der Waals surface area contributed by atoms with Crippen LogP contribution in [-0.2, 0) is 9.47 Å². The maximum absolute atomic E-state index is 12.2. The molecule has 0 saturated heterocycles. The summed E-state index contributed by atoms with van der Waals surface area (Å²) in [6.07, 6.45) is 0.826. The Labute approximate surface area is 167 Å². The zero-order valence-corrected chi connectivity index (χ0v) is 17.3. The molecule has 1 aromatic carbocycles. The molecule has 8 heteroatoms. The number of hydrogen-bond acceptors (Lipinski definition) is 6. The van der Waals surface area contributed by atoms with E-state index in [1.165, 1.54) is 14.2 Å². The number of hydrogen-bond donors (Lipinski definition) is 2. The number of rotatable bonds is 6. The standard InChI is InChI=1S/C19H22N2O4S2/c1-5-13(12-9-7-6-8-10-12)20-19(26)21-16-14(17(22)24-3)11(2)15(27-16)18(23)25-4/h6-10,13H,5H2,1-4H3,(H2,20,21,26). The summed E-state index contributed by atoms with van der Waals surface area (Å²) in [6, 6.07) is 9.96. The zero-order valence-electron chi connectivity index (χ0n) is 15.6. The lowest BCUT2D eigenvalue weighted by atomic mass is 10.1. The fraction of sp³-hybridized carbons (Fsp3) is 0.316. The van der Waals surface area contributed by atoms with Crippen molar-refractivity contribution in [2.24, 2.45) is 0 Å². The number of carbonyl (C=O) groups excluding carboxylic acids is 2. The molecule has 2 rings (SSSR count). The molecule has 6 nitrogen and oxygen atoms in total. The van der Waals surface area contributed by atoms with Crippen LogP contribution in [0.25, 0.3) is 0 Å². The normalized spacial score (nSPS) is 11.4. The van der Waals surface area contributed by atoms with Crippen molar-refractivity contribution < 1.29 is 19.1 Å². The summed E-state index contributed by atoms with van der Waals surface area (Å²) in [5.41, 5.74) is 1.88. The molecule has 0 radical (unpaired) electrons. The number of carbonyl (C=O) groups is 2. The van der Waals surface area contributed by atoms with Gasteiger partial charge in [0.05, 0.1) is 25.8 Å². The molecular formula is C19H22N2O4S2. The van der Waals surface area contributed by atoms with E-state index in [1.54, 1.807) is 6.92 Å². The molecule has 0 aliphatic rings. The lowest BCUT2D eigenvalue weighted by molar-refractivity contribution is 0.0601. The molecule has 0 spiro atoms. The minimum Gasteiger partial charge on any atom is -0.465 e. The Kier molecular flexibility index (Phi) is 7.32. The highest BCUT2D eigenvalue weighted by Gasteiger charge is 2.26. The lowest BCUT2D eigenvalue weighted by Gasteiger charge is -2.20. The highest BCUT2D eigenvalue weighted by Crippen LogP contribution is 2.34. The van der Waals surface area contributed by atoms with Gasteiger partial charge in [0.25, 0.3) is 0 Å². The molecule has 0 aliphatic heterocycles. The SMILES string of the molecule is CCC(NC(=S)Nc1sc(C(=O)OC)c(C)c1C(=O)OC)c1ccccc1. The molecule has 2 N–H and O–H groups in total. The van der Waals surface area contributed by atoms with E-state index in [0.29, 0.717) is 20.6 Å². The average molecular weight is 407 g/mol. The molecule has 0 saturated carbocycles. The van der Waals surface area contributed by atoms with E-state index in [2.05, 4.69) is 17.6 Å². The van der Waals surface area contributed by atoms with Crippen molar-refractivity contribution in [2.45, 2.75) is 26.3 Å². The number of anilines is 1. The Bertz CT molecular complexity index is 834. The van der Waals surface area contributed by atoms with Crippen LogP contribution in [0.4, 0.5) is 5.00 Å². The predicted molar refractivity (Wildman–Crippen MR) is 111 cm³/mol.